The minimum absolute atomic E-state index is 0.0447. The van der Waals surface area contributed by atoms with E-state index in [1.807, 2.05) is 7.05 Å². The number of ether oxygens (including phenoxy) is 1. The third-order valence-corrected chi connectivity index (χ3v) is 7.85. The first-order valence-corrected chi connectivity index (χ1v) is 14.8. The summed E-state index contributed by atoms with van der Waals surface area (Å²) in [5, 5.41) is 10.2. The van der Waals surface area contributed by atoms with Gasteiger partial charge >= 0.3 is 0 Å². The maximum Gasteiger partial charge on any atom is 0.242 e. The van der Waals surface area contributed by atoms with Crippen molar-refractivity contribution in [1.29, 1.82) is 5.26 Å². The van der Waals surface area contributed by atoms with Crippen molar-refractivity contribution in [2.24, 2.45) is 0 Å². The van der Waals surface area contributed by atoms with Crippen molar-refractivity contribution in [3.8, 4) is 17.2 Å². The standard InChI is InChI=1S/C30H32Cl2N4O2.C3H7NO/c1-22-4-3-5-25(18-22)23-6-8-24(9-7-23)29(20-35-14-16-38-17-15-35)34(2)30(37)21-36(13-12-33)26-10-11-27(31)28(32)19-26;1-4(2)3-5/h3-11,18-19,29H,13-17,20-21H2,1-2H3;3H,1-2H3. The summed E-state index contributed by atoms with van der Waals surface area (Å²) < 4.78 is 5.54. The summed E-state index contributed by atoms with van der Waals surface area (Å²) in [6.07, 6.45) is 0.750. The second-order valence-electron chi connectivity index (χ2n) is 10.6. The van der Waals surface area contributed by atoms with Crippen LogP contribution >= 0.6 is 23.2 Å². The zero-order chi connectivity index (χ0) is 31.4. The minimum atomic E-state index is -0.162. The Kier molecular flexibility index (Phi) is 13.3. The van der Waals surface area contributed by atoms with E-state index in [-0.39, 0.29) is 25.0 Å². The van der Waals surface area contributed by atoms with Crippen molar-refractivity contribution in [2.45, 2.75) is 13.0 Å². The van der Waals surface area contributed by atoms with Crippen LogP contribution in [-0.2, 0) is 14.3 Å². The molecule has 0 radical (unpaired) electrons. The molecule has 4 rings (SSSR count). The molecule has 228 valence electrons. The summed E-state index contributed by atoms with van der Waals surface area (Å²) in [6.45, 7) is 5.89. The number of benzene rings is 3. The summed E-state index contributed by atoms with van der Waals surface area (Å²) in [5.74, 6) is -0.0904. The van der Waals surface area contributed by atoms with Gasteiger partial charge in [-0.15, -0.1) is 0 Å². The molecule has 2 amide bonds. The van der Waals surface area contributed by atoms with Crippen LogP contribution in [0.3, 0.4) is 0 Å². The van der Waals surface area contributed by atoms with Gasteiger partial charge in [0.1, 0.15) is 6.54 Å². The molecule has 1 saturated heterocycles. The van der Waals surface area contributed by atoms with E-state index in [9.17, 15) is 14.9 Å². The Morgan fingerprint density at radius 2 is 1.67 bits per heavy atom. The number of carbonyl (C=O) groups excluding carboxylic acids is 2. The van der Waals surface area contributed by atoms with E-state index in [4.69, 9.17) is 27.9 Å². The molecule has 1 fully saturated rings. The molecule has 43 heavy (non-hydrogen) atoms. The maximum atomic E-state index is 13.6. The summed E-state index contributed by atoms with van der Waals surface area (Å²) in [5.41, 5.74) is 5.25. The number of hydrogen-bond acceptors (Lipinski definition) is 6. The fourth-order valence-electron chi connectivity index (χ4n) is 4.66. The van der Waals surface area contributed by atoms with Gasteiger partial charge in [0.05, 0.1) is 41.9 Å². The molecule has 10 heteroatoms. The van der Waals surface area contributed by atoms with Crippen molar-refractivity contribution in [3.05, 3.63) is 87.9 Å². The van der Waals surface area contributed by atoms with E-state index in [2.05, 4.69) is 66.4 Å². The van der Waals surface area contributed by atoms with Crippen molar-refractivity contribution in [2.75, 3.05) is 72.0 Å². The lowest BCUT2D eigenvalue weighted by Crippen LogP contribution is -2.46. The molecule has 0 N–H and O–H groups in total. The number of carbonyl (C=O) groups is 2. The molecule has 0 saturated carbocycles. The molecule has 1 unspecified atom stereocenters. The first-order valence-electron chi connectivity index (χ1n) is 14.0. The van der Waals surface area contributed by atoms with Crippen LogP contribution in [0, 0.1) is 18.3 Å². The Morgan fingerprint density at radius 3 is 2.26 bits per heavy atom. The molecule has 1 aliphatic heterocycles. The number of likely N-dealkylation sites (N-methyl/N-ethyl adjacent to an activating group) is 1. The highest BCUT2D eigenvalue weighted by molar-refractivity contribution is 6.42. The smallest absolute Gasteiger partial charge is 0.242 e. The molecule has 0 aromatic heterocycles. The number of anilines is 1. The topological polar surface area (TPSA) is 80.1 Å². The molecule has 1 heterocycles. The number of morpholine rings is 1. The third kappa shape index (κ3) is 10.3. The van der Waals surface area contributed by atoms with Crippen LogP contribution in [0.4, 0.5) is 5.69 Å². The van der Waals surface area contributed by atoms with Gasteiger partial charge in [-0.1, -0.05) is 77.3 Å². The first-order chi connectivity index (χ1) is 20.6. The Balaban J connectivity index is 0.000000934. The van der Waals surface area contributed by atoms with Gasteiger partial charge in [-0.25, -0.2) is 0 Å². The number of halogens is 2. The Bertz CT molecular complexity index is 1390. The van der Waals surface area contributed by atoms with Crippen LogP contribution in [0.1, 0.15) is 17.2 Å². The van der Waals surface area contributed by atoms with Gasteiger partial charge in [0, 0.05) is 46.5 Å². The van der Waals surface area contributed by atoms with Gasteiger partial charge in [-0.2, -0.15) is 5.26 Å². The second-order valence-corrected chi connectivity index (χ2v) is 11.4. The first kappa shape index (κ1) is 33.9. The van der Waals surface area contributed by atoms with Crippen molar-refractivity contribution in [3.63, 3.8) is 0 Å². The van der Waals surface area contributed by atoms with Crippen molar-refractivity contribution in [1.82, 2.24) is 14.7 Å². The van der Waals surface area contributed by atoms with Gasteiger partial charge in [-0.3, -0.25) is 14.5 Å². The Morgan fingerprint density at radius 1 is 1.00 bits per heavy atom. The van der Waals surface area contributed by atoms with Gasteiger partial charge in [0.15, 0.2) is 0 Å². The molecule has 1 aliphatic rings. The van der Waals surface area contributed by atoms with Crippen molar-refractivity contribution < 1.29 is 14.3 Å². The Labute approximate surface area is 264 Å². The molecule has 8 nitrogen and oxygen atoms in total. The predicted molar refractivity (Wildman–Crippen MR) is 173 cm³/mol. The number of hydrogen-bond donors (Lipinski definition) is 0. The monoisotopic (exact) mass is 623 g/mol. The summed E-state index contributed by atoms with van der Waals surface area (Å²) in [6, 6.07) is 24.0. The van der Waals surface area contributed by atoms with Gasteiger partial charge in [0.2, 0.25) is 12.3 Å². The van der Waals surface area contributed by atoms with E-state index in [0.29, 0.717) is 35.5 Å². The largest absolute Gasteiger partial charge is 0.379 e. The highest BCUT2D eigenvalue weighted by Gasteiger charge is 2.27. The zero-order valence-electron chi connectivity index (χ0n) is 25.2. The van der Waals surface area contributed by atoms with E-state index >= 15 is 0 Å². The van der Waals surface area contributed by atoms with E-state index in [1.165, 1.54) is 16.0 Å². The van der Waals surface area contributed by atoms with Crippen LogP contribution in [-0.4, -0.2) is 94.1 Å². The van der Waals surface area contributed by atoms with E-state index in [1.54, 1.807) is 42.1 Å². The summed E-state index contributed by atoms with van der Waals surface area (Å²) in [7, 11) is 5.21. The average molecular weight is 625 g/mol. The average Bonchev–Trinajstić information content (AvgIpc) is 3.01. The maximum absolute atomic E-state index is 13.6. The summed E-state index contributed by atoms with van der Waals surface area (Å²) >= 11 is 12.3. The van der Waals surface area contributed by atoms with Crippen LogP contribution in [0.15, 0.2) is 66.7 Å². The summed E-state index contributed by atoms with van der Waals surface area (Å²) in [4.78, 5) is 30.3. The second kappa shape index (κ2) is 16.9. The van der Waals surface area contributed by atoms with Gasteiger partial charge < -0.3 is 19.4 Å². The van der Waals surface area contributed by atoms with Gasteiger partial charge in [0.25, 0.3) is 0 Å². The highest BCUT2D eigenvalue weighted by atomic mass is 35.5. The lowest BCUT2D eigenvalue weighted by molar-refractivity contribution is -0.131. The third-order valence-electron chi connectivity index (χ3n) is 7.11. The number of amides is 2. The molecule has 1 atom stereocenters. The molecule has 3 aromatic carbocycles. The quantitative estimate of drug-likeness (QED) is 0.218. The van der Waals surface area contributed by atoms with Gasteiger partial charge in [-0.05, 0) is 41.8 Å². The fraction of sp³-hybridized carbons (Fsp3) is 0.364. The van der Waals surface area contributed by atoms with Crippen LogP contribution < -0.4 is 4.90 Å². The normalized spacial score (nSPS) is 13.6. The number of rotatable bonds is 10. The number of nitriles is 1. The highest BCUT2D eigenvalue weighted by Crippen LogP contribution is 2.29. The number of nitrogens with zero attached hydrogens (tertiary/aromatic N) is 5. The SMILES string of the molecule is CN(C)C=O.Cc1cccc(-c2ccc(C(CN3CCOCC3)N(C)C(=O)CN(CC#N)c3ccc(Cl)c(Cl)c3)cc2)c1. The van der Waals surface area contributed by atoms with Crippen LogP contribution in [0.25, 0.3) is 11.1 Å². The molecule has 0 aliphatic carbocycles. The Hall–Kier alpha value is -3.61. The molecular weight excluding hydrogens is 585 g/mol. The van der Waals surface area contributed by atoms with Crippen LogP contribution in [0.2, 0.25) is 10.0 Å². The molecule has 3 aromatic rings. The number of aryl methyl sites for hydroxylation is 1. The predicted octanol–water partition coefficient (Wildman–Crippen LogP) is 5.54. The minimum Gasteiger partial charge on any atom is -0.379 e. The van der Waals surface area contributed by atoms with E-state index < -0.39 is 0 Å². The molecule has 0 bridgehead atoms. The van der Waals surface area contributed by atoms with Crippen LogP contribution in [0.5, 0.6) is 0 Å². The fourth-order valence-corrected chi connectivity index (χ4v) is 4.95. The van der Waals surface area contributed by atoms with Crippen molar-refractivity contribution >= 4 is 41.2 Å². The van der Waals surface area contributed by atoms with E-state index in [0.717, 1.165) is 30.6 Å². The zero-order valence-corrected chi connectivity index (χ0v) is 26.7. The molecule has 0 spiro atoms. The lowest BCUT2D eigenvalue weighted by atomic mass is 9.98. The lowest BCUT2D eigenvalue weighted by Gasteiger charge is -2.36. The molecular formula is C33H39Cl2N5O3.